The van der Waals surface area contributed by atoms with E-state index in [1.807, 2.05) is 19.9 Å². The number of β-amino-alcohol motifs (C(OH)–C–C–N with tert-alkyl or cyclic N) is 1. The number of aryl methyl sites for hydroxylation is 2. The van der Waals surface area contributed by atoms with Gasteiger partial charge < -0.3 is 15.3 Å². The van der Waals surface area contributed by atoms with Crippen molar-refractivity contribution in [3.8, 4) is 6.07 Å². The van der Waals surface area contributed by atoms with Crippen LogP contribution >= 0.6 is 0 Å². The van der Waals surface area contributed by atoms with Crippen molar-refractivity contribution in [1.29, 1.82) is 5.26 Å². The van der Waals surface area contributed by atoms with Crippen LogP contribution in [0.3, 0.4) is 0 Å². The standard InChI is InChI=1S/C16H24N4O/c1-12-9-14(10-17)16(19-13(12)2)18-6-4-8-20-7-3-5-15(21)11-20/h9,15,21H,3-8,11H2,1-2H3,(H,18,19). The van der Waals surface area contributed by atoms with Gasteiger partial charge in [-0.2, -0.15) is 5.26 Å². The first-order valence-corrected chi connectivity index (χ1v) is 7.63. The first-order chi connectivity index (χ1) is 10.1. The van der Waals surface area contributed by atoms with Gasteiger partial charge in [0.2, 0.25) is 0 Å². The van der Waals surface area contributed by atoms with Crippen LogP contribution in [0.25, 0.3) is 0 Å². The van der Waals surface area contributed by atoms with Crippen molar-refractivity contribution < 1.29 is 5.11 Å². The summed E-state index contributed by atoms with van der Waals surface area (Å²) >= 11 is 0. The Morgan fingerprint density at radius 2 is 2.33 bits per heavy atom. The number of pyridine rings is 1. The van der Waals surface area contributed by atoms with Crippen LogP contribution in [0, 0.1) is 25.2 Å². The molecule has 114 valence electrons. The second-order valence-electron chi connectivity index (χ2n) is 5.78. The van der Waals surface area contributed by atoms with Crippen LogP contribution in [0.5, 0.6) is 0 Å². The Labute approximate surface area is 126 Å². The fourth-order valence-electron chi connectivity index (χ4n) is 2.67. The molecular formula is C16H24N4O. The lowest BCUT2D eigenvalue weighted by Gasteiger charge is -2.29. The van der Waals surface area contributed by atoms with Crippen molar-refractivity contribution in [3.05, 3.63) is 22.9 Å². The van der Waals surface area contributed by atoms with E-state index in [0.717, 1.165) is 56.7 Å². The first kappa shape index (κ1) is 15.7. The van der Waals surface area contributed by atoms with Gasteiger partial charge in [0, 0.05) is 18.8 Å². The average Bonchev–Trinajstić information content (AvgIpc) is 2.47. The fourth-order valence-corrected chi connectivity index (χ4v) is 2.67. The van der Waals surface area contributed by atoms with E-state index < -0.39 is 0 Å². The molecule has 1 aromatic rings. The monoisotopic (exact) mass is 288 g/mol. The van der Waals surface area contributed by atoms with Gasteiger partial charge in [-0.3, -0.25) is 0 Å². The van der Waals surface area contributed by atoms with Crippen LogP contribution in [0.1, 0.15) is 36.1 Å². The molecule has 1 atom stereocenters. The Kier molecular flexibility index (Phi) is 5.54. The van der Waals surface area contributed by atoms with Crippen molar-refractivity contribution >= 4 is 5.82 Å². The SMILES string of the molecule is Cc1cc(C#N)c(NCCCN2CCCC(O)C2)nc1C. The van der Waals surface area contributed by atoms with E-state index in [1.165, 1.54) is 0 Å². The van der Waals surface area contributed by atoms with Gasteiger partial charge in [-0.1, -0.05) is 0 Å². The van der Waals surface area contributed by atoms with Crippen LogP contribution in [0.15, 0.2) is 6.07 Å². The van der Waals surface area contributed by atoms with Crippen molar-refractivity contribution in [2.75, 3.05) is 31.5 Å². The van der Waals surface area contributed by atoms with E-state index in [1.54, 1.807) is 0 Å². The van der Waals surface area contributed by atoms with Gasteiger partial charge >= 0.3 is 0 Å². The maximum absolute atomic E-state index is 9.64. The van der Waals surface area contributed by atoms with Crippen LogP contribution < -0.4 is 5.32 Å². The molecule has 1 aromatic heterocycles. The van der Waals surface area contributed by atoms with Gasteiger partial charge in [0.05, 0.1) is 11.7 Å². The molecule has 0 amide bonds. The molecule has 21 heavy (non-hydrogen) atoms. The van der Waals surface area contributed by atoms with Gasteiger partial charge in [0.25, 0.3) is 0 Å². The summed E-state index contributed by atoms with van der Waals surface area (Å²) in [5.74, 6) is 0.680. The number of aliphatic hydroxyl groups excluding tert-OH is 1. The highest BCUT2D eigenvalue weighted by Crippen LogP contribution is 2.16. The molecule has 0 aliphatic carbocycles. The molecule has 0 bridgehead atoms. The molecule has 2 rings (SSSR count). The van der Waals surface area contributed by atoms with E-state index in [-0.39, 0.29) is 6.10 Å². The van der Waals surface area contributed by atoms with E-state index >= 15 is 0 Å². The Hall–Kier alpha value is -1.64. The number of nitrogens with one attached hydrogen (secondary N) is 1. The fraction of sp³-hybridized carbons (Fsp3) is 0.625. The lowest BCUT2D eigenvalue weighted by atomic mass is 10.1. The maximum Gasteiger partial charge on any atom is 0.144 e. The van der Waals surface area contributed by atoms with Crippen molar-refractivity contribution in [2.24, 2.45) is 0 Å². The predicted molar refractivity (Wildman–Crippen MR) is 83.2 cm³/mol. The molecule has 1 unspecified atom stereocenters. The predicted octanol–water partition coefficient (Wildman–Crippen LogP) is 1.83. The molecule has 1 aliphatic rings. The smallest absolute Gasteiger partial charge is 0.144 e. The number of anilines is 1. The Balaban J connectivity index is 1.81. The van der Waals surface area contributed by atoms with E-state index in [9.17, 15) is 5.11 Å². The molecule has 1 saturated heterocycles. The maximum atomic E-state index is 9.64. The molecule has 1 aliphatic heterocycles. The lowest BCUT2D eigenvalue weighted by molar-refractivity contribution is 0.0706. The van der Waals surface area contributed by atoms with Gasteiger partial charge in [-0.15, -0.1) is 0 Å². The average molecular weight is 288 g/mol. The molecule has 0 aromatic carbocycles. The molecule has 5 nitrogen and oxygen atoms in total. The zero-order valence-corrected chi connectivity index (χ0v) is 12.9. The number of rotatable bonds is 5. The van der Waals surface area contributed by atoms with Crippen molar-refractivity contribution in [3.63, 3.8) is 0 Å². The molecule has 0 radical (unpaired) electrons. The largest absolute Gasteiger partial charge is 0.392 e. The minimum absolute atomic E-state index is 0.168. The normalized spacial score (nSPS) is 19.2. The summed E-state index contributed by atoms with van der Waals surface area (Å²) in [7, 11) is 0. The van der Waals surface area contributed by atoms with Crippen LogP contribution in [-0.4, -0.2) is 47.3 Å². The minimum atomic E-state index is -0.168. The van der Waals surface area contributed by atoms with Crippen LogP contribution in [-0.2, 0) is 0 Å². The zero-order valence-electron chi connectivity index (χ0n) is 12.9. The third-order valence-electron chi connectivity index (χ3n) is 4.01. The highest BCUT2D eigenvalue weighted by Gasteiger charge is 2.16. The quantitative estimate of drug-likeness (QED) is 0.809. The molecule has 1 fully saturated rings. The lowest BCUT2D eigenvalue weighted by Crippen LogP contribution is -2.39. The van der Waals surface area contributed by atoms with Crippen molar-refractivity contribution in [1.82, 2.24) is 9.88 Å². The van der Waals surface area contributed by atoms with Gasteiger partial charge in [-0.05, 0) is 57.8 Å². The highest BCUT2D eigenvalue weighted by molar-refractivity contribution is 5.53. The number of piperidine rings is 1. The Morgan fingerprint density at radius 3 is 3.05 bits per heavy atom. The molecule has 2 heterocycles. The topological polar surface area (TPSA) is 72.2 Å². The number of nitriles is 1. The van der Waals surface area contributed by atoms with Gasteiger partial charge in [0.1, 0.15) is 11.9 Å². The summed E-state index contributed by atoms with van der Waals surface area (Å²) in [4.78, 5) is 6.75. The molecule has 5 heteroatoms. The van der Waals surface area contributed by atoms with E-state index in [4.69, 9.17) is 5.26 Å². The third kappa shape index (κ3) is 4.42. The van der Waals surface area contributed by atoms with E-state index in [0.29, 0.717) is 11.4 Å². The second-order valence-corrected chi connectivity index (χ2v) is 5.78. The molecule has 2 N–H and O–H groups in total. The molecule has 0 spiro atoms. The summed E-state index contributed by atoms with van der Waals surface area (Å²) < 4.78 is 0. The molecular weight excluding hydrogens is 264 g/mol. The zero-order chi connectivity index (χ0) is 15.2. The number of aromatic nitrogens is 1. The Bertz CT molecular complexity index is 524. The number of nitrogens with zero attached hydrogens (tertiary/aromatic N) is 3. The van der Waals surface area contributed by atoms with E-state index in [2.05, 4.69) is 21.3 Å². The second kappa shape index (κ2) is 7.39. The number of aliphatic hydroxyl groups is 1. The van der Waals surface area contributed by atoms with Crippen LogP contribution in [0.2, 0.25) is 0 Å². The molecule has 0 saturated carbocycles. The number of hydrogen-bond donors (Lipinski definition) is 2. The summed E-state index contributed by atoms with van der Waals surface area (Å²) in [5.41, 5.74) is 2.60. The number of hydrogen-bond acceptors (Lipinski definition) is 5. The van der Waals surface area contributed by atoms with Crippen LogP contribution in [0.4, 0.5) is 5.82 Å². The minimum Gasteiger partial charge on any atom is -0.392 e. The summed E-state index contributed by atoms with van der Waals surface area (Å²) in [5, 5.41) is 22.1. The highest BCUT2D eigenvalue weighted by atomic mass is 16.3. The summed E-state index contributed by atoms with van der Waals surface area (Å²) in [6, 6.07) is 4.07. The summed E-state index contributed by atoms with van der Waals surface area (Å²) in [6.45, 7) is 7.53. The summed E-state index contributed by atoms with van der Waals surface area (Å²) in [6.07, 6.45) is 2.81. The first-order valence-electron chi connectivity index (χ1n) is 7.63. The van der Waals surface area contributed by atoms with Crippen molar-refractivity contribution in [2.45, 2.75) is 39.2 Å². The third-order valence-corrected chi connectivity index (χ3v) is 4.01. The van der Waals surface area contributed by atoms with Gasteiger partial charge in [0.15, 0.2) is 0 Å². The Morgan fingerprint density at radius 1 is 1.52 bits per heavy atom. The van der Waals surface area contributed by atoms with Gasteiger partial charge in [-0.25, -0.2) is 4.98 Å². The number of likely N-dealkylation sites (tertiary alicyclic amines) is 1.